The minimum absolute atomic E-state index is 0.000429. The quantitative estimate of drug-likeness (QED) is 0.600. The molecule has 2 saturated heterocycles. The summed E-state index contributed by atoms with van der Waals surface area (Å²) < 4.78 is 4.70. The zero-order chi connectivity index (χ0) is 22.4. The number of nitrogens with one attached hydrogen (secondary N) is 2. The van der Waals surface area contributed by atoms with Gasteiger partial charge >= 0.3 is 5.97 Å². The molecule has 0 radical (unpaired) electrons. The summed E-state index contributed by atoms with van der Waals surface area (Å²) in [5.74, 6) is -1.00. The van der Waals surface area contributed by atoms with Gasteiger partial charge in [0, 0.05) is 24.9 Å². The van der Waals surface area contributed by atoms with Crippen molar-refractivity contribution in [3.63, 3.8) is 0 Å². The zero-order valence-corrected chi connectivity index (χ0v) is 18.7. The molecular formula is C22H36N4O5. The summed E-state index contributed by atoms with van der Waals surface area (Å²) in [6.07, 6.45) is 6.47. The lowest BCUT2D eigenvalue weighted by atomic mass is 9.87. The van der Waals surface area contributed by atoms with Crippen LogP contribution in [0.1, 0.15) is 51.9 Å². The summed E-state index contributed by atoms with van der Waals surface area (Å²) in [7, 11) is 1.27. The lowest BCUT2D eigenvalue weighted by Crippen LogP contribution is -2.64. The Balaban J connectivity index is 1.73. The molecule has 2 N–H and O–H groups in total. The average Bonchev–Trinajstić information content (AvgIpc) is 2.83. The minimum Gasteiger partial charge on any atom is -0.467 e. The molecule has 0 spiro atoms. The van der Waals surface area contributed by atoms with Crippen molar-refractivity contribution in [1.29, 1.82) is 0 Å². The Morgan fingerprint density at radius 1 is 0.935 bits per heavy atom. The lowest BCUT2D eigenvalue weighted by Gasteiger charge is -2.43. The number of carbonyl (C=O) groups is 4. The van der Waals surface area contributed by atoms with Gasteiger partial charge in [-0.1, -0.05) is 19.3 Å². The first-order valence-corrected chi connectivity index (χ1v) is 11.6. The van der Waals surface area contributed by atoms with Crippen LogP contribution in [0.5, 0.6) is 0 Å². The number of esters is 1. The fourth-order valence-electron chi connectivity index (χ4n) is 4.93. The van der Waals surface area contributed by atoms with Crippen LogP contribution in [0.4, 0.5) is 0 Å². The number of nitrogens with zero attached hydrogens (tertiary/aromatic N) is 2. The summed E-state index contributed by atoms with van der Waals surface area (Å²) in [4.78, 5) is 54.6. The molecule has 0 bridgehead atoms. The molecule has 0 aromatic carbocycles. The van der Waals surface area contributed by atoms with E-state index in [2.05, 4.69) is 10.6 Å². The highest BCUT2D eigenvalue weighted by atomic mass is 16.5. The Hall–Kier alpha value is -2.16. The Morgan fingerprint density at radius 3 is 2.23 bits per heavy atom. The maximum atomic E-state index is 13.3. The molecule has 2 aliphatic heterocycles. The van der Waals surface area contributed by atoms with E-state index < -0.39 is 24.0 Å². The van der Waals surface area contributed by atoms with Gasteiger partial charge in [-0.25, -0.2) is 4.79 Å². The number of rotatable bonds is 5. The average molecular weight is 437 g/mol. The number of piperidine rings is 1. The van der Waals surface area contributed by atoms with Crippen LogP contribution in [0.2, 0.25) is 0 Å². The molecular weight excluding hydrogens is 400 g/mol. The van der Waals surface area contributed by atoms with Gasteiger partial charge in [0.25, 0.3) is 0 Å². The zero-order valence-electron chi connectivity index (χ0n) is 18.7. The lowest BCUT2D eigenvalue weighted by molar-refractivity contribution is -0.154. The first kappa shape index (κ1) is 23.5. The third-order valence-corrected chi connectivity index (χ3v) is 6.83. The van der Waals surface area contributed by atoms with Crippen LogP contribution in [0, 0.1) is 11.8 Å². The van der Waals surface area contributed by atoms with Gasteiger partial charge in [0.1, 0.15) is 12.1 Å². The van der Waals surface area contributed by atoms with Crippen molar-refractivity contribution in [3.8, 4) is 0 Å². The van der Waals surface area contributed by atoms with Crippen LogP contribution in [0.15, 0.2) is 0 Å². The molecule has 0 aromatic heterocycles. The Morgan fingerprint density at radius 2 is 1.58 bits per heavy atom. The molecule has 2 heterocycles. The highest BCUT2D eigenvalue weighted by Crippen LogP contribution is 2.27. The summed E-state index contributed by atoms with van der Waals surface area (Å²) >= 11 is 0. The van der Waals surface area contributed by atoms with E-state index in [-0.39, 0.29) is 30.2 Å². The highest BCUT2D eigenvalue weighted by Gasteiger charge is 2.41. The predicted molar refractivity (Wildman–Crippen MR) is 114 cm³/mol. The molecule has 3 rings (SSSR count). The second-order valence-corrected chi connectivity index (χ2v) is 8.94. The molecule has 9 heteroatoms. The van der Waals surface area contributed by atoms with E-state index in [4.69, 9.17) is 4.74 Å². The number of hydrogen-bond donors (Lipinski definition) is 2. The van der Waals surface area contributed by atoms with E-state index in [1.165, 1.54) is 7.11 Å². The smallest absolute Gasteiger partial charge is 0.328 e. The van der Waals surface area contributed by atoms with E-state index in [0.717, 1.165) is 58.0 Å². The van der Waals surface area contributed by atoms with Crippen molar-refractivity contribution in [2.45, 2.75) is 64.0 Å². The van der Waals surface area contributed by atoms with Crippen molar-refractivity contribution in [1.82, 2.24) is 20.4 Å². The van der Waals surface area contributed by atoms with Crippen LogP contribution >= 0.6 is 0 Å². The molecule has 174 valence electrons. The Labute approximate surface area is 184 Å². The third kappa shape index (κ3) is 5.75. The van der Waals surface area contributed by atoms with E-state index in [1.54, 1.807) is 16.7 Å². The number of methoxy groups -OCH3 is 1. The molecule has 9 nitrogen and oxygen atoms in total. The van der Waals surface area contributed by atoms with Crippen molar-refractivity contribution in [2.24, 2.45) is 11.8 Å². The molecule has 31 heavy (non-hydrogen) atoms. The maximum Gasteiger partial charge on any atom is 0.328 e. The molecule has 2 atom stereocenters. The van der Waals surface area contributed by atoms with Gasteiger partial charge in [0.15, 0.2) is 0 Å². The number of piperazine rings is 1. The van der Waals surface area contributed by atoms with E-state index in [9.17, 15) is 19.2 Å². The third-order valence-electron chi connectivity index (χ3n) is 6.83. The van der Waals surface area contributed by atoms with Gasteiger partial charge in [-0.2, -0.15) is 0 Å². The van der Waals surface area contributed by atoms with Crippen LogP contribution in [-0.2, 0) is 23.9 Å². The minimum atomic E-state index is -0.820. The maximum absolute atomic E-state index is 13.3. The Bertz CT molecular complexity index is 673. The molecule has 3 amide bonds. The van der Waals surface area contributed by atoms with Crippen LogP contribution < -0.4 is 10.6 Å². The van der Waals surface area contributed by atoms with E-state index in [0.29, 0.717) is 13.1 Å². The van der Waals surface area contributed by atoms with Gasteiger partial charge in [-0.15, -0.1) is 0 Å². The van der Waals surface area contributed by atoms with Crippen molar-refractivity contribution >= 4 is 23.7 Å². The molecule has 0 aromatic rings. The standard InChI is InChI=1S/C22H36N4O5/c1-15(22(30)31-2)24-19(27)18-14-25(20(28)17-8-10-23-11-9-17)12-13-26(18)21(29)16-6-4-3-5-7-16/h15-18,23H,3-14H2,1-2H3,(H,24,27)/t15-,18+/m1/s1. The Kier molecular flexibility index (Phi) is 8.28. The molecule has 1 aliphatic carbocycles. The van der Waals surface area contributed by atoms with Gasteiger partial charge in [-0.3, -0.25) is 14.4 Å². The number of hydrogen-bond acceptors (Lipinski definition) is 6. The molecule has 0 unspecified atom stereocenters. The number of amides is 3. The second kappa shape index (κ2) is 10.9. The predicted octanol–water partition coefficient (Wildman–Crippen LogP) is 0.283. The first-order chi connectivity index (χ1) is 14.9. The highest BCUT2D eigenvalue weighted by molar-refractivity contribution is 5.92. The summed E-state index contributed by atoms with van der Waals surface area (Å²) in [6, 6.07) is -1.61. The summed E-state index contributed by atoms with van der Waals surface area (Å²) in [5, 5.41) is 5.94. The van der Waals surface area contributed by atoms with Gasteiger partial charge < -0.3 is 25.2 Å². The largest absolute Gasteiger partial charge is 0.467 e. The van der Waals surface area contributed by atoms with Crippen molar-refractivity contribution < 1.29 is 23.9 Å². The van der Waals surface area contributed by atoms with Crippen LogP contribution in [0.3, 0.4) is 0 Å². The van der Waals surface area contributed by atoms with E-state index in [1.807, 2.05) is 0 Å². The van der Waals surface area contributed by atoms with Crippen LogP contribution in [0.25, 0.3) is 0 Å². The van der Waals surface area contributed by atoms with Gasteiger partial charge in [0.2, 0.25) is 17.7 Å². The van der Waals surface area contributed by atoms with Crippen molar-refractivity contribution in [3.05, 3.63) is 0 Å². The molecule has 3 aliphatic rings. The fourth-order valence-corrected chi connectivity index (χ4v) is 4.93. The SMILES string of the molecule is COC(=O)[C@@H](C)NC(=O)[C@@H]1CN(C(=O)C2CCNCC2)CCN1C(=O)C1CCCCC1. The fraction of sp³-hybridized carbons (Fsp3) is 0.818. The molecule has 1 saturated carbocycles. The van der Waals surface area contributed by atoms with Gasteiger partial charge in [0.05, 0.1) is 13.7 Å². The first-order valence-electron chi connectivity index (χ1n) is 11.6. The van der Waals surface area contributed by atoms with E-state index >= 15 is 0 Å². The topological polar surface area (TPSA) is 108 Å². The number of ether oxygens (including phenoxy) is 1. The van der Waals surface area contributed by atoms with Gasteiger partial charge in [-0.05, 0) is 45.7 Å². The summed E-state index contributed by atoms with van der Waals surface area (Å²) in [6.45, 7) is 4.14. The normalized spacial score (nSPS) is 24.4. The van der Waals surface area contributed by atoms with Crippen LogP contribution in [-0.4, -0.2) is 85.4 Å². The number of carbonyl (C=O) groups excluding carboxylic acids is 4. The summed E-state index contributed by atoms with van der Waals surface area (Å²) in [5.41, 5.74) is 0. The molecule has 3 fully saturated rings. The monoisotopic (exact) mass is 436 g/mol. The second-order valence-electron chi connectivity index (χ2n) is 8.94. The van der Waals surface area contributed by atoms with Crippen molar-refractivity contribution in [2.75, 3.05) is 39.8 Å².